The highest BCUT2D eigenvalue weighted by Crippen LogP contribution is 2.24. The zero-order valence-electron chi connectivity index (χ0n) is 15.0. The summed E-state index contributed by atoms with van der Waals surface area (Å²) in [5.41, 5.74) is 0.945. The van der Waals surface area contributed by atoms with E-state index < -0.39 is 0 Å². The third-order valence-electron chi connectivity index (χ3n) is 5.05. The molecule has 0 unspecified atom stereocenters. The maximum Gasteiger partial charge on any atom is 0.245 e. The molecular weight excluding hydrogens is 328 g/mol. The summed E-state index contributed by atoms with van der Waals surface area (Å²) in [6.07, 6.45) is 5.21. The fourth-order valence-corrected chi connectivity index (χ4v) is 3.56. The van der Waals surface area contributed by atoms with Crippen LogP contribution in [0.3, 0.4) is 0 Å². The summed E-state index contributed by atoms with van der Waals surface area (Å²) in [7, 11) is 0. The minimum Gasteiger partial charge on any atom is -0.352 e. The van der Waals surface area contributed by atoms with Crippen molar-refractivity contribution in [2.24, 2.45) is 0 Å². The Bertz CT molecular complexity index is 923. The maximum absolute atomic E-state index is 12.8. The molecule has 0 N–H and O–H groups in total. The Kier molecular flexibility index (Phi) is 4.28. The molecule has 0 spiro atoms. The van der Waals surface area contributed by atoms with Crippen molar-refractivity contribution in [3.8, 4) is 0 Å². The average molecular weight is 350 g/mol. The van der Waals surface area contributed by atoms with Crippen LogP contribution in [0.1, 0.15) is 18.8 Å². The van der Waals surface area contributed by atoms with Gasteiger partial charge in [0, 0.05) is 44.0 Å². The standard InChI is InChI=1S/C19H22N6O/c1-14(25-8-7-20-15(25)2)19(26)24-11-9-23(10-12-24)18-16-5-3-4-6-17(16)21-13-22-18/h3-8,13-14H,9-12H2,1-2H3/t14-/m1/s1. The van der Waals surface area contributed by atoms with E-state index in [-0.39, 0.29) is 11.9 Å². The molecular formula is C19H22N6O. The van der Waals surface area contributed by atoms with Gasteiger partial charge in [-0.05, 0) is 26.0 Å². The molecule has 2 aromatic heterocycles. The zero-order valence-corrected chi connectivity index (χ0v) is 15.0. The lowest BCUT2D eigenvalue weighted by molar-refractivity contribution is -0.134. The molecule has 7 nitrogen and oxygen atoms in total. The van der Waals surface area contributed by atoms with E-state index in [2.05, 4.69) is 19.9 Å². The summed E-state index contributed by atoms with van der Waals surface area (Å²) < 4.78 is 1.92. The molecule has 0 aliphatic carbocycles. The third kappa shape index (κ3) is 2.89. The van der Waals surface area contributed by atoms with E-state index in [0.29, 0.717) is 13.1 Å². The van der Waals surface area contributed by atoms with Crippen LogP contribution in [0, 0.1) is 6.92 Å². The lowest BCUT2D eigenvalue weighted by Gasteiger charge is -2.37. The first kappa shape index (κ1) is 16.5. The molecule has 1 saturated heterocycles. The summed E-state index contributed by atoms with van der Waals surface area (Å²) in [5.74, 6) is 1.94. The molecule has 26 heavy (non-hydrogen) atoms. The minimum absolute atomic E-state index is 0.137. The number of fused-ring (bicyclic) bond motifs is 1. The van der Waals surface area contributed by atoms with Crippen LogP contribution in [0.15, 0.2) is 43.0 Å². The van der Waals surface area contributed by atoms with Crippen molar-refractivity contribution < 1.29 is 4.79 Å². The number of imidazole rings is 1. The molecule has 0 saturated carbocycles. The van der Waals surface area contributed by atoms with Crippen LogP contribution in [0.4, 0.5) is 5.82 Å². The molecule has 0 bridgehead atoms. The van der Waals surface area contributed by atoms with Crippen LogP contribution in [0.5, 0.6) is 0 Å². The number of rotatable bonds is 3. The van der Waals surface area contributed by atoms with E-state index in [1.165, 1.54) is 0 Å². The molecule has 1 atom stereocenters. The van der Waals surface area contributed by atoms with Crippen molar-refractivity contribution in [3.63, 3.8) is 0 Å². The normalized spacial score (nSPS) is 16.1. The van der Waals surface area contributed by atoms with E-state index >= 15 is 0 Å². The number of nitrogens with zero attached hydrogens (tertiary/aromatic N) is 6. The number of aryl methyl sites for hydroxylation is 1. The molecule has 1 amide bonds. The largest absolute Gasteiger partial charge is 0.352 e. The topological polar surface area (TPSA) is 67.2 Å². The van der Waals surface area contributed by atoms with Gasteiger partial charge in [-0.3, -0.25) is 4.79 Å². The maximum atomic E-state index is 12.8. The van der Waals surface area contributed by atoms with Gasteiger partial charge in [-0.1, -0.05) is 12.1 Å². The van der Waals surface area contributed by atoms with Crippen molar-refractivity contribution in [1.29, 1.82) is 0 Å². The molecule has 1 aliphatic heterocycles. The molecule has 134 valence electrons. The molecule has 4 rings (SSSR count). The van der Waals surface area contributed by atoms with Crippen molar-refractivity contribution in [2.45, 2.75) is 19.9 Å². The molecule has 7 heteroatoms. The van der Waals surface area contributed by atoms with Gasteiger partial charge in [0.15, 0.2) is 0 Å². The van der Waals surface area contributed by atoms with Crippen molar-refractivity contribution in [2.75, 3.05) is 31.1 Å². The predicted octanol–water partition coefficient (Wildman–Crippen LogP) is 2.04. The van der Waals surface area contributed by atoms with E-state index in [4.69, 9.17) is 0 Å². The van der Waals surface area contributed by atoms with Crippen LogP contribution < -0.4 is 4.90 Å². The van der Waals surface area contributed by atoms with Gasteiger partial charge in [-0.15, -0.1) is 0 Å². The summed E-state index contributed by atoms with van der Waals surface area (Å²) >= 11 is 0. The molecule has 1 aliphatic rings. The van der Waals surface area contributed by atoms with E-state index in [1.54, 1.807) is 12.5 Å². The summed E-state index contributed by atoms with van der Waals surface area (Å²) in [6, 6.07) is 7.80. The molecule has 0 radical (unpaired) electrons. The summed E-state index contributed by atoms with van der Waals surface area (Å²) in [5, 5.41) is 1.05. The fraction of sp³-hybridized carbons (Fsp3) is 0.368. The predicted molar refractivity (Wildman–Crippen MR) is 100 cm³/mol. The van der Waals surface area contributed by atoms with Gasteiger partial charge >= 0.3 is 0 Å². The molecule has 3 heterocycles. The summed E-state index contributed by atoms with van der Waals surface area (Å²) in [4.78, 5) is 30.0. The number of hydrogen-bond acceptors (Lipinski definition) is 5. The number of carbonyl (C=O) groups excluding carboxylic acids is 1. The number of anilines is 1. The highest BCUT2D eigenvalue weighted by Gasteiger charge is 2.27. The smallest absolute Gasteiger partial charge is 0.245 e. The van der Waals surface area contributed by atoms with Crippen LogP contribution in [-0.2, 0) is 4.79 Å². The van der Waals surface area contributed by atoms with Gasteiger partial charge in [-0.25, -0.2) is 15.0 Å². The monoisotopic (exact) mass is 350 g/mol. The number of aromatic nitrogens is 4. The molecule has 1 fully saturated rings. The van der Waals surface area contributed by atoms with Gasteiger partial charge < -0.3 is 14.4 Å². The number of benzene rings is 1. The van der Waals surface area contributed by atoms with Crippen molar-refractivity contribution in [1.82, 2.24) is 24.4 Å². The third-order valence-corrected chi connectivity index (χ3v) is 5.05. The second-order valence-electron chi connectivity index (χ2n) is 6.58. The Morgan fingerprint density at radius 3 is 2.58 bits per heavy atom. The van der Waals surface area contributed by atoms with Crippen LogP contribution in [-0.4, -0.2) is 56.5 Å². The van der Waals surface area contributed by atoms with E-state index in [0.717, 1.165) is 35.6 Å². The SMILES string of the molecule is Cc1nccn1[C@H](C)C(=O)N1CCN(c2ncnc3ccccc23)CC1. The zero-order chi connectivity index (χ0) is 18.1. The van der Waals surface area contributed by atoms with Crippen LogP contribution in [0.25, 0.3) is 10.9 Å². The van der Waals surface area contributed by atoms with Crippen molar-refractivity contribution in [3.05, 3.63) is 48.8 Å². The van der Waals surface area contributed by atoms with Crippen molar-refractivity contribution >= 4 is 22.6 Å². The molecule has 3 aromatic rings. The number of carbonyl (C=O) groups is 1. The first-order chi connectivity index (χ1) is 12.6. The fourth-order valence-electron chi connectivity index (χ4n) is 3.56. The van der Waals surface area contributed by atoms with Gasteiger partial charge in [0.1, 0.15) is 24.0 Å². The summed E-state index contributed by atoms with van der Waals surface area (Å²) in [6.45, 7) is 6.76. The molecule has 1 aromatic carbocycles. The van der Waals surface area contributed by atoms with Crippen LogP contribution in [0.2, 0.25) is 0 Å². The Morgan fingerprint density at radius 1 is 1.08 bits per heavy atom. The van der Waals surface area contributed by atoms with Gasteiger partial charge in [0.2, 0.25) is 5.91 Å². The second-order valence-corrected chi connectivity index (χ2v) is 6.58. The highest BCUT2D eigenvalue weighted by atomic mass is 16.2. The first-order valence-corrected chi connectivity index (χ1v) is 8.88. The van der Waals surface area contributed by atoms with E-state index in [1.807, 2.05) is 53.8 Å². The number of amides is 1. The lowest BCUT2D eigenvalue weighted by atomic mass is 10.2. The van der Waals surface area contributed by atoms with E-state index in [9.17, 15) is 4.79 Å². The minimum atomic E-state index is -0.232. The Balaban J connectivity index is 1.47. The number of piperazine rings is 1. The Labute approximate surface area is 152 Å². The van der Waals surface area contributed by atoms with Crippen LogP contribution >= 0.6 is 0 Å². The highest BCUT2D eigenvalue weighted by molar-refractivity contribution is 5.89. The van der Waals surface area contributed by atoms with Gasteiger partial charge in [-0.2, -0.15) is 0 Å². The Morgan fingerprint density at radius 2 is 1.85 bits per heavy atom. The lowest BCUT2D eigenvalue weighted by Crippen LogP contribution is -2.50. The Hall–Kier alpha value is -2.96. The van der Waals surface area contributed by atoms with Gasteiger partial charge in [0.05, 0.1) is 5.52 Å². The second kappa shape index (κ2) is 6.74. The quantitative estimate of drug-likeness (QED) is 0.723. The van der Waals surface area contributed by atoms with Gasteiger partial charge in [0.25, 0.3) is 0 Å². The number of para-hydroxylation sites is 1. The first-order valence-electron chi connectivity index (χ1n) is 8.88. The average Bonchev–Trinajstić information content (AvgIpc) is 3.12. The number of hydrogen-bond donors (Lipinski definition) is 0.